The number of nitrogens with zero attached hydrogens (tertiary/aromatic N) is 1. The molecule has 1 fully saturated rings. The molecule has 2 heteroatoms. The number of hydrogen-bond acceptors (Lipinski definition) is 2. The number of nitrogens with one attached hydrogen (secondary N) is 1. The number of rotatable bonds is 4. The van der Waals surface area contributed by atoms with Gasteiger partial charge in [-0.05, 0) is 48.9 Å². The van der Waals surface area contributed by atoms with Crippen LogP contribution in [0.3, 0.4) is 0 Å². The van der Waals surface area contributed by atoms with Gasteiger partial charge in [-0.2, -0.15) is 5.26 Å². The van der Waals surface area contributed by atoms with Crippen LogP contribution in [0.4, 0.5) is 0 Å². The topological polar surface area (TPSA) is 35.8 Å². The second-order valence-corrected chi connectivity index (χ2v) is 5.97. The van der Waals surface area contributed by atoms with Crippen LogP contribution in [0, 0.1) is 18.3 Å². The normalized spacial score (nSPS) is 20.6. The molecule has 0 atom stereocenters. The second kappa shape index (κ2) is 6.11. The second-order valence-electron chi connectivity index (χ2n) is 5.97. The first-order valence-electron chi connectivity index (χ1n) is 7.53. The lowest BCUT2D eigenvalue weighted by atomic mass is 9.75. The lowest BCUT2D eigenvalue weighted by Gasteiger charge is -2.36. The number of aryl methyl sites for hydroxylation is 1. The first-order valence-corrected chi connectivity index (χ1v) is 7.53. The molecule has 2 aromatic carbocycles. The van der Waals surface area contributed by atoms with Gasteiger partial charge in [0.05, 0.1) is 11.6 Å². The van der Waals surface area contributed by atoms with Gasteiger partial charge in [-0.25, -0.2) is 0 Å². The van der Waals surface area contributed by atoms with Crippen molar-refractivity contribution in [3.05, 3.63) is 70.8 Å². The van der Waals surface area contributed by atoms with Gasteiger partial charge in [-0.3, -0.25) is 0 Å². The van der Waals surface area contributed by atoms with Crippen LogP contribution in [-0.4, -0.2) is 6.04 Å². The van der Waals surface area contributed by atoms with Gasteiger partial charge in [0.2, 0.25) is 0 Å². The molecule has 0 bridgehead atoms. The summed E-state index contributed by atoms with van der Waals surface area (Å²) < 4.78 is 0. The Balaban J connectivity index is 1.46. The molecular formula is C19H20N2. The zero-order chi connectivity index (χ0) is 14.7. The van der Waals surface area contributed by atoms with E-state index in [9.17, 15) is 0 Å². The van der Waals surface area contributed by atoms with Crippen molar-refractivity contribution >= 4 is 0 Å². The lowest BCUT2D eigenvalue weighted by molar-refractivity contribution is 0.289. The lowest BCUT2D eigenvalue weighted by Crippen LogP contribution is -2.39. The molecule has 3 rings (SSSR count). The average Bonchev–Trinajstić information content (AvgIpc) is 2.48. The minimum atomic E-state index is 0.618. The van der Waals surface area contributed by atoms with E-state index < -0.39 is 0 Å². The Labute approximate surface area is 126 Å². The fraction of sp³-hybridized carbons (Fsp3) is 0.316. The molecule has 106 valence electrons. The third-order valence-electron chi connectivity index (χ3n) is 4.36. The van der Waals surface area contributed by atoms with Crippen LogP contribution in [0.2, 0.25) is 0 Å². The molecule has 2 nitrogen and oxygen atoms in total. The molecule has 0 aromatic heterocycles. The number of hydrogen-bond donors (Lipinski definition) is 1. The van der Waals surface area contributed by atoms with Crippen LogP contribution < -0.4 is 5.32 Å². The highest BCUT2D eigenvalue weighted by atomic mass is 14.9. The van der Waals surface area contributed by atoms with Crippen molar-refractivity contribution in [1.82, 2.24) is 5.32 Å². The predicted octanol–water partition coefficient (Wildman–Crippen LogP) is 3.90. The highest BCUT2D eigenvalue weighted by Gasteiger charge is 2.29. The molecule has 1 saturated carbocycles. The van der Waals surface area contributed by atoms with Crippen LogP contribution in [0.25, 0.3) is 0 Å². The molecule has 21 heavy (non-hydrogen) atoms. The van der Waals surface area contributed by atoms with Crippen molar-refractivity contribution in [2.75, 3.05) is 0 Å². The molecule has 0 spiro atoms. The Kier molecular flexibility index (Phi) is 4.03. The van der Waals surface area contributed by atoms with Gasteiger partial charge in [0.1, 0.15) is 0 Å². The van der Waals surface area contributed by atoms with Gasteiger partial charge in [0, 0.05) is 12.6 Å². The van der Waals surface area contributed by atoms with Gasteiger partial charge in [-0.1, -0.05) is 42.0 Å². The minimum Gasteiger partial charge on any atom is -0.310 e. The predicted molar refractivity (Wildman–Crippen MR) is 84.9 cm³/mol. The van der Waals surface area contributed by atoms with Crippen molar-refractivity contribution in [3.63, 3.8) is 0 Å². The summed E-state index contributed by atoms with van der Waals surface area (Å²) in [5.74, 6) is 0.712. The van der Waals surface area contributed by atoms with Crippen molar-refractivity contribution < 1.29 is 0 Å². The number of nitriles is 1. The van der Waals surface area contributed by atoms with E-state index in [4.69, 9.17) is 5.26 Å². The van der Waals surface area contributed by atoms with E-state index in [1.807, 2.05) is 24.3 Å². The summed E-state index contributed by atoms with van der Waals surface area (Å²) in [6.07, 6.45) is 2.44. The maximum absolute atomic E-state index is 8.78. The van der Waals surface area contributed by atoms with E-state index in [0.29, 0.717) is 12.0 Å². The summed E-state index contributed by atoms with van der Waals surface area (Å²) in [7, 11) is 0. The largest absolute Gasteiger partial charge is 0.310 e. The van der Waals surface area contributed by atoms with Gasteiger partial charge in [0.25, 0.3) is 0 Å². The quantitative estimate of drug-likeness (QED) is 0.919. The molecule has 0 heterocycles. The van der Waals surface area contributed by atoms with Gasteiger partial charge in [0.15, 0.2) is 0 Å². The minimum absolute atomic E-state index is 0.618. The molecule has 1 N–H and O–H groups in total. The summed E-state index contributed by atoms with van der Waals surface area (Å²) in [4.78, 5) is 0. The molecule has 0 amide bonds. The summed E-state index contributed by atoms with van der Waals surface area (Å²) in [6, 6.07) is 19.5. The van der Waals surface area contributed by atoms with Crippen molar-refractivity contribution in [2.24, 2.45) is 0 Å². The Hall–Kier alpha value is -2.11. The maximum atomic E-state index is 8.78. The highest BCUT2D eigenvalue weighted by Crippen LogP contribution is 2.36. The molecule has 0 aliphatic heterocycles. The molecule has 0 saturated heterocycles. The van der Waals surface area contributed by atoms with Crippen molar-refractivity contribution in [3.8, 4) is 6.07 Å². The standard InChI is InChI=1S/C19H20N2/c1-14-2-8-17(9-3-14)18-10-19(11-18)21-13-16-6-4-15(12-20)5-7-16/h2-9,18-19,21H,10-11,13H2,1H3. The Morgan fingerprint density at radius 2 is 1.71 bits per heavy atom. The Bertz CT molecular complexity index is 629. The van der Waals surface area contributed by atoms with E-state index in [1.165, 1.54) is 29.5 Å². The maximum Gasteiger partial charge on any atom is 0.0991 e. The third kappa shape index (κ3) is 3.32. The third-order valence-corrected chi connectivity index (χ3v) is 4.36. The zero-order valence-corrected chi connectivity index (χ0v) is 12.3. The number of benzene rings is 2. The summed E-state index contributed by atoms with van der Waals surface area (Å²) in [6.45, 7) is 3.02. The van der Waals surface area contributed by atoms with Gasteiger partial charge >= 0.3 is 0 Å². The van der Waals surface area contributed by atoms with Crippen LogP contribution in [0.15, 0.2) is 48.5 Å². The summed E-state index contributed by atoms with van der Waals surface area (Å²) >= 11 is 0. The molecule has 2 aromatic rings. The molecular weight excluding hydrogens is 256 g/mol. The van der Waals surface area contributed by atoms with Gasteiger partial charge < -0.3 is 5.32 Å². The van der Waals surface area contributed by atoms with Crippen LogP contribution >= 0.6 is 0 Å². The molecule has 0 unspecified atom stereocenters. The molecule has 1 aliphatic rings. The first kappa shape index (κ1) is 13.9. The SMILES string of the molecule is Cc1ccc(C2CC(NCc3ccc(C#N)cc3)C2)cc1. The van der Waals surface area contributed by atoms with E-state index in [2.05, 4.69) is 42.6 Å². The Morgan fingerprint density at radius 3 is 2.33 bits per heavy atom. The smallest absolute Gasteiger partial charge is 0.0991 e. The van der Waals surface area contributed by atoms with Crippen LogP contribution in [-0.2, 0) is 6.54 Å². The van der Waals surface area contributed by atoms with Crippen LogP contribution in [0.1, 0.15) is 41.0 Å². The van der Waals surface area contributed by atoms with E-state index in [0.717, 1.165) is 12.1 Å². The average molecular weight is 276 g/mol. The van der Waals surface area contributed by atoms with E-state index >= 15 is 0 Å². The fourth-order valence-electron chi connectivity index (χ4n) is 2.85. The first-order chi connectivity index (χ1) is 10.2. The van der Waals surface area contributed by atoms with E-state index in [1.54, 1.807) is 0 Å². The van der Waals surface area contributed by atoms with Crippen molar-refractivity contribution in [2.45, 2.75) is 38.3 Å². The molecule has 1 aliphatic carbocycles. The Morgan fingerprint density at radius 1 is 1.05 bits per heavy atom. The highest BCUT2D eigenvalue weighted by molar-refractivity contribution is 5.31. The fourth-order valence-corrected chi connectivity index (χ4v) is 2.85. The van der Waals surface area contributed by atoms with Crippen LogP contribution in [0.5, 0.6) is 0 Å². The van der Waals surface area contributed by atoms with E-state index in [-0.39, 0.29) is 0 Å². The monoisotopic (exact) mass is 276 g/mol. The van der Waals surface area contributed by atoms with Gasteiger partial charge in [-0.15, -0.1) is 0 Å². The van der Waals surface area contributed by atoms with Crippen molar-refractivity contribution in [1.29, 1.82) is 5.26 Å². The summed E-state index contributed by atoms with van der Waals surface area (Å²) in [5, 5.41) is 12.4. The molecule has 0 radical (unpaired) electrons. The zero-order valence-electron chi connectivity index (χ0n) is 12.3. The summed E-state index contributed by atoms with van der Waals surface area (Å²) in [5.41, 5.74) is 4.76.